The van der Waals surface area contributed by atoms with Gasteiger partial charge in [-0.3, -0.25) is 14.4 Å². The monoisotopic (exact) mass is 513 g/mol. The largest absolute Gasteiger partial charge is 0.395 e. The van der Waals surface area contributed by atoms with Crippen molar-refractivity contribution < 1.29 is 23.2 Å². The van der Waals surface area contributed by atoms with Crippen LogP contribution in [0.3, 0.4) is 0 Å². The lowest BCUT2D eigenvalue weighted by atomic mass is 10.0. The number of carbonyl (C=O) groups is 3. The van der Waals surface area contributed by atoms with Crippen molar-refractivity contribution in [3.8, 4) is 0 Å². The highest BCUT2D eigenvalue weighted by atomic mass is 32.1. The highest BCUT2D eigenvalue weighted by Crippen LogP contribution is 2.31. The fraction of sp³-hybridized carbons (Fsp3) is 0.280. The number of nitrogens with zero attached hydrogens (tertiary/aromatic N) is 2. The number of nitrogens with one attached hydrogen (secondary N) is 1. The predicted octanol–water partition coefficient (Wildman–Crippen LogP) is 3.54. The molecular weight excluding hydrogens is 488 g/mol. The van der Waals surface area contributed by atoms with Crippen molar-refractivity contribution in [2.45, 2.75) is 44.3 Å². The number of aromatic nitrogens is 1. The lowest BCUT2D eigenvalue weighted by Gasteiger charge is -2.32. The second kappa shape index (κ2) is 10.8. The molecule has 1 unspecified atom stereocenters. The number of primary amides is 1. The van der Waals surface area contributed by atoms with E-state index in [1.165, 1.54) is 53.4 Å². The Hall–Kier alpha value is -3.86. The van der Waals surface area contributed by atoms with Gasteiger partial charge in [0, 0.05) is 12.6 Å². The first kappa shape index (κ1) is 25.2. The number of nitrogen functional groups attached to an aromatic ring is 1. The second-order valence-corrected chi connectivity index (χ2v) is 9.42. The van der Waals surface area contributed by atoms with Gasteiger partial charge in [-0.15, -0.1) is 0 Å². The molecule has 4 rings (SSSR count). The smallest absolute Gasteiger partial charge is 0.270 e. The van der Waals surface area contributed by atoms with Gasteiger partial charge in [-0.2, -0.15) is 4.37 Å². The van der Waals surface area contributed by atoms with Crippen molar-refractivity contribution in [2.75, 3.05) is 5.73 Å². The predicted molar refractivity (Wildman–Crippen MR) is 131 cm³/mol. The summed E-state index contributed by atoms with van der Waals surface area (Å²) < 4.78 is 31.2. The van der Waals surface area contributed by atoms with E-state index in [0.29, 0.717) is 22.7 Å². The lowest BCUT2D eigenvalue weighted by molar-refractivity contribution is -0.126. The molecule has 1 fully saturated rings. The van der Waals surface area contributed by atoms with Gasteiger partial charge in [0.15, 0.2) is 5.69 Å². The van der Waals surface area contributed by atoms with E-state index >= 15 is 0 Å². The van der Waals surface area contributed by atoms with E-state index in [2.05, 4.69) is 9.69 Å². The third kappa shape index (κ3) is 5.51. The number of hydrogen-bond donors (Lipinski definition) is 3. The number of carbonyl (C=O) groups excluding carboxylic acids is 3. The number of nitrogens with two attached hydrogens (primary N) is 2. The Balaban J connectivity index is 1.79. The van der Waals surface area contributed by atoms with Crippen molar-refractivity contribution in [1.82, 2.24) is 14.6 Å². The Morgan fingerprint density at radius 2 is 1.61 bits per heavy atom. The molecule has 0 saturated heterocycles. The Bertz CT molecular complexity index is 1260. The third-order valence-electron chi connectivity index (χ3n) is 6.13. The average Bonchev–Trinajstić information content (AvgIpc) is 3.50. The summed E-state index contributed by atoms with van der Waals surface area (Å²) >= 11 is 0.695. The van der Waals surface area contributed by atoms with Crippen LogP contribution in [0.5, 0.6) is 0 Å². The van der Waals surface area contributed by atoms with Crippen LogP contribution in [0.25, 0.3) is 0 Å². The maximum atomic E-state index is 13.8. The number of rotatable bonds is 8. The van der Waals surface area contributed by atoms with Crippen molar-refractivity contribution in [3.05, 3.63) is 81.9 Å². The van der Waals surface area contributed by atoms with Gasteiger partial charge in [0.25, 0.3) is 11.8 Å². The van der Waals surface area contributed by atoms with Crippen LogP contribution in [0.1, 0.15) is 63.0 Å². The number of anilines is 1. The van der Waals surface area contributed by atoms with Crippen LogP contribution in [-0.4, -0.2) is 33.0 Å². The maximum absolute atomic E-state index is 13.8. The number of hydrogen-bond acceptors (Lipinski definition) is 6. The summed E-state index contributed by atoms with van der Waals surface area (Å²) in [6.45, 7) is -0.0948. The molecule has 1 aliphatic carbocycles. The van der Waals surface area contributed by atoms with Crippen LogP contribution in [-0.2, 0) is 11.3 Å². The van der Waals surface area contributed by atoms with Gasteiger partial charge in [0.1, 0.15) is 22.6 Å². The Morgan fingerprint density at radius 1 is 1.03 bits per heavy atom. The molecule has 3 amide bonds. The Morgan fingerprint density at radius 3 is 2.17 bits per heavy atom. The molecule has 1 aliphatic rings. The molecule has 0 aliphatic heterocycles. The molecule has 0 spiro atoms. The van der Waals surface area contributed by atoms with Gasteiger partial charge < -0.3 is 21.7 Å². The molecule has 1 aromatic heterocycles. The number of amides is 3. The van der Waals surface area contributed by atoms with Crippen LogP contribution < -0.4 is 16.8 Å². The molecule has 8 nitrogen and oxygen atoms in total. The average molecular weight is 514 g/mol. The standard InChI is InChI=1S/C25H25F2N5O3S/c26-16-9-5-14(6-10-16)13-32(25(35)22-19(28)20(23(29)33)31-36-22)21(15-7-11-17(27)12-8-15)24(34)30-18-3-1-2-4-18/h5-12,18,21H,1-4,13,28H2,(H2,29,33)(H,30,34). The molecule has 1 atom stereocenters. The second-order valence-electron chi connectivity index (χ2n) is 8.64. The topological polar surface area (TPSA) is 131 Å². The van der Waals surface area contributed by atoms with Crippen LogP contribution in [0.4, 0.5) is 14.5 Å². The van der Waals surface area contributed by atoms with E-state index in [-0.39, 0.29) is 28.8 Å². The van der Waals surface area contributed by atoms with E-state index in [1.54, 1.807) is 0 Å². The van der Waals surface area contributed by atoms with E-state index in [1.807, 2.05) is 0 Å². The summed E-state index contributed by atoms with van der Waals surface area (Å²) in [5.41, 5.74) is 11.8. The molecule has 1 saturated carbocycles. The normalized spacial score (nSPS) is 14.4. The molecule has 0 bridgehead atoms. The molecule has 11 heteroatoms. The van der Waals surface area contributed by atoms with Crippen molar-refractivity contribution >= 4 is 34.9 Å². The zero-order valence-corrected chi connectivity index (χ0v) is 20.1. The van der Waals surface area contributed by atoms with Gasteiger partial charge in [-0.05, 0) is 59.8 Å². The van der Waals surface area contributed by atoms with Gasteiger partial charge >= 0.3 is 0 Å². The minimum Gasteiger partial charge on any atom is -0.395 e. The number of halogens is 2. The summed E-state index contributed by atoms with van der Waals surface area (Å²) in [6.07, 6.45) is 3.60. The third-order valence-corrected chi connectivity index (χ3v) is 6.98. The quantitative estimate of drug-likeness (QED) is 0.424. The van der Waals surface area contributed by atoms with E-state index < -0.39 is 35.4 Å². The fourth-order valence-electron chi connectivity index (χ4n) is 4.29. The van der Waals surface area contributed by atoms with Crippen LogP contribution in [0.2, 0.25) is 0 Å². The molecule has 0 radical (unpaired) electrons. The first-order valence-electron chi connectivity index (χ1n) is 11.4. The highest BCUT2D eigenvalue weighted by molar-refractivity contribution is 7.09. The molecule has 5 N–H and O–H groups in total. The van der Waals surface area contributed by atoms with E-state index in [0.717, 1.165) is 25.7 Å². The van der Waals surface area contributed by atoms with Gasteiger partial charge in [-0.1, -0.05) is 37.1 Å². The zero-order valence-electron chi connectivity index (χ0n) is 19.2. The van der Waals surface area contributed by atoms with E-state index in [4.69, 9.17) is 11.5 Å². The van der Waals surface area contributed by atoms with Crippen molar-refractivity contribution in [1.29, 1.82) is 0 Å². The van der Waals surface area contributed by atoms with Crippen LogP contribution >= 0.6 is 11.5 Å². The van der Waals surface area contributed by atoms with Crippen LogP contribution in [0, 0.1) is 11.6 Å². The molecule has 188 valence electrons. The summed E-state index contributed by atoms with van der Waals surface area (Å²) in [7, 11) is 0. The van der Waals surface area contributed by atoms with Crippen molar-refractivity contribution in [2.24, 2.45) is 5.73 Å². The fourth-order valence-corrected chi connectivity index (χ4v) is 5.06. The Labute approximate surface area is 210 Å². The summed E-state index contributed by atoms with van der Waals surface area (Å²) in [6, 6.07) is 9.56. The van der Waals surface area contributed by atoms with E-state index in [9.17, 15) is 23.2 Å². The minimum atomic E-state index is -1.16. The molecule has 36 heavy (non-hydrogen) atoms. The summed E-state index contributed by atoms with van der Waals surface area (Å²) in [5, 5.41) is 3.01. The van der Waals surface area contributed by atoms with Gasteiger partial charge in [-0.25, -0.2) is 8.78 Å². The first-order chi connectivity index (χ1) is 17.2. The summed E-state index contributed by atoms with van der Waals surface area (Å²) in [4.78, 5) is 40.3. The number of benzene rings is 2. The molecule has 3 aromatic rings. The van der Waals surface area contributed by atoms with Crippen LogP contribution in [0.15, 0.2) is 48.5 Å². The molecule has 1 heterocycles. The Kier molecular flexibility index (Phi) is 7.58. The summed E-state index contributed by atoms with van der Waals surface area (Å²) in [5.74, 6) is -2.95. The highest BCUT2D eigenvalue weighted by Gasteiger charge is 2.36. The minimum absolute atomic E-state index is 0.0434. The lowest BCUT2D eigenvalue weighted by Crippen LogP contribution is -2.45. The van der Waals surface area contributed by atoms with Crippen molar-refractivity contribution in [3.63, 3.8) is 0 Å². The molecular formula is C25H25F2N5O3S. The SMILES string of the molecule is NC(=O)c1nsc(C(=O)N(Cc2ccc(F)cc2)C(C(=O)NC2CCCC2)c2ccc(F)cc2)c1N. The maximum Gasteiger partial charge on any atom is 0.270 e. The van der Waals surface area contributed by atoms with Gasteiger partial charge in [0.2, 0.25) is 5.91 Å². The van der Waals surface area contributed by atoms with Gasteiger partial charge in [0.05, 0.1) is 5.69 Å². The molecule has 2 aromatic carbocycles. The first-order valence-corrected chi connectivity index (χ1v) is 12.2. The zero-order chi connectivity index (χ0) is 25.8.